The highest BCUT2D eigenvalue weighted by molar-refractivity contribution is 9.10. The predicted molar refractivity (Wildman–Crippen MR) is 92.7 cm³/mol. The minimum atomic E-state index is -1.09. The number of carbonyl (C=O) groups excluding carboxylic acids is 1. The van der Waals surface area contributed by atoms with E-state index in [0.29, 0.717) is 17.3 Å². The quantitative estimate of drug-likeness (QED) is 0.775. The van der Waals surface area contributed by atoms with Gasteiger partial charge in [0.15, 0.2) is 0 Å². The number of aromatic nitrogens is 2. The molecule has 8 heteroatoms. The summed E-state index contributed by atoms with van der Waals surface area (Å²) in [6.07, 6.45) is 1.61. The first kappa shape index (κ1) is 18.1. The number of amides is 1. The van der Waals surface area contributed by atoms with E-state index >= 15 is 0 Å². The second kappa shape index (κ2) is 7.57. The van der Waals surface area contributed by atoms with Crippen molar-refractivity contribution in [2.45, 2.75) is 32.9 Å². The lowest BCUT2D eigenvalue weighted by atomic mass is 10.0. The Morgan fingerprint density at radius 1 is 1.38 bits per heavy atom. The van der Waals surface area contributed by atoms with E-state index in [1.165, 1.54) is 10.9 Å². The predicted octanol–water partition coefficient (Wildman–Crippen LogP) is 1.77. The molecule has 0 saturated carbocycles. The average Bonchev–Trinajstić information content (AvgIpc) is 2.49. The Morgan fingerprint density at radius 3 is 2.71 bits per heavy atom. The molecule has 1 amide bonds. The zero-order valence-corrected chi connectivity index (χ0v) is 14.9. The molecular weight excluding hydrogens is 378 g/mol. The number of carboxylic acid groups (broad SMARTS) is 1. The Morgan fingerprint density at radius 2 is 2.08 bits per heavy atom. The van der Waals surface area contributed by atoms with Crippen molar-refractivity contribution in [3.63, 3.8) is 0 Å². The summed E-state index contributed by atoms with van der Waals surface area (Å²) in [5.41, 5.74) is 0.176. The number of hydrogen-bond acceptors (Lipinski definition) is 4. The normalized spacial score (nSPS) is 12.3. The minimum Gasteiger partial charge on any atom is -0.480 e. The summed E-state index contributed by atoms with van der Waals surface area (Å²) < 4.78 is 1.90. The lowest BCUT2D eigenvalue weighted by molar-refractivity contribution is -0.142. The molecule has 1 heterocycles. The summed E-state index contributed by atoms with van der Waals surface area (Å²) in [4.78, 5) is 39.9. The first-order valence-electron chi connectivity index (χ1n) is 7.44. The molecule has 0 spiro atoms. The molecule has 0 radical (unpaired) electrons. The topological polar surface area (TPSA) is 101 Å². The van der Waals surface area contributed by atoms with Crippen molar-refractivity contribution in [1.29, 1.82) is 0 Å². The molecule has 1 aromatic carbocycles. The Hall–Kier alpha value is -2.22. The number of nitrogens with one attached hydrogen (secondary N) is 1. The first-order valence-corrected chi connectivity index (χ1v) is 8.24. The fourth-order valence-corrected chi connectivity index (χ4v) is 2.69. The molecule has 2 N–H and O–H groups in total. The molecule has 0 aliphatic heterocycles. The van der Waals surface area contributed by atoms with E-state index in [0.717, 1.165) is 4.47 Å². The second-order valence-corrected chi connectivity index (χ2v) is 6.84. The van der Waals surface area contributed by atoms with Crippen LogP contribution in [-0.4, -0.2) is 32.6 Å². The van der Waals surface area contributed by atoms with Gasteiger partial charge in [0.05, 0.1) is 17.2 Å². The number of carboxylic acids is 1. The fourth-order valence-electron chi connectivity index (χ4n) is 2.33. The molecule has 0 saturated heterocycles. The lowest BCUT2D eigenvalue weighted by Crippen LogP contribution is -2.44. The van der Waals surface area contributed by atoms with Gasteiger partial charge < -0.3 is 10.4 Å². The van der Waals surface area contributed by atoms with Crippen LogP contribution in [0.1, 0.15) is 20.3 Å². The number of hydrogen-bond donors (Lipinski definition) is 2. The number of aliphatic carboxylic acids is 1. The largest absolute Gasteiger partial charge is 0.480 e. The van der Waals surface area contributed by atoms with Crippen LogP contribution in [0, 0.1) is 5.92 Å². The third-order valence-corrected chi connectivity index (χ3v) is 3.93. The number of nitrogens with zero attached hydrogens (tertiary/aromatic N) is 2. The van der Waals surface area contributed by atoms with Crippen molar-refractivity contribution in [1.82, 2.24) is 14.9 Å². The molecule has 0 aliphatic carbocycles. The minimum absolute atomic E-state index is 0.119. The van der Waals surface area contributed by atoms with E-state index in [-0.39, 0.29) is 18.0 Å². The SMILES string of the molecule is CC(C)CC(NC(=O)Cn1cnc2ccc(Br)cc2c1=O)C(=O)O. The third-order valence-electron chi connectivity index (χ3n) is 3.44. The molecular formula is C16H18BrN3O4. The molecule has 0 aliphatic rings. The van der Waals surface area contributed by atoms with E-state index in [4.69, 9.17) is 5.11 Å². The Labute approximate surface area is 146 Å². The van der Waals surface area contributed by atoms with Crippen LogP contribution in [0.4, 0.5) is 0 Å². The molecule has 7 nitrogen and oxygen atoms in total. The number of carbonyl (C=O) groups is 2. The highest BCUT2D eigenvalue weighted by atomic mass is 79.9. The van der Waals surface area contributed by atoms with Gasteiger partial charge in [0.2, 0.25) is 5.91 Å². The Kier molecular flexibility index (Phi) is 5.71. The fraction of sp³-hybridized carbons (Fsp3) is 0.375. The van der Waals surface area contributed by atoms with E-state index in [1.54, 1.807) is 18.2 Å². The van der Waals surface area contributed by atoms with Gasteiger partial charge in [-0.15, -0.1) is 0 Å². The van der Waals surface area contributed by atoms with Gasteiger partial charge in [-0.25, -0.2) is 9.78 Å². The molecule has 128 valence electrons. The van der Waals surface area contributed by atoms with E-state index in [9.17, 15) is 14.4 Å². The molecule has 1 aromatic heterocycles. The van der Waals surface area contributed by atoms with Gasteiger partial charge in [-0.3, -0.25) is 14.2 Å². The van der Waals surface area contributed by atoms with Crippen LogP contribution >= 0.6 is 15.9 Å². The number of halogens is 1. The zero-order chi connectivity index (χ0) is 17.9. The Bertz CT molecular complexity index is 832. The van der Waals surface area contributed by atoms with Crippen molar-refractivity contribution in [3.8, 4) is 0 Å². The van der Waals surface area contributed by atoms with Crippen LogP contribution in [0.2, 0.25) is 0 Å². The van der Waals surface area contributed by atoms with Crippen LogP contribution in [0.5, 0.6) is 0 Å². The van der Waals surface area contributed by atoms with Gasteiger partial charge in [0, 0.05) is 4.47 Å². The van der Waals surface area contributed by atoms with E-state index < -0.39 is 17.9 Å². The average molecular weight is 396 g/mol. The molecule has 0 fully saturated rings. The highest BCUT2D eigenvalue weighted by Crippen LogP contribution is 2.14. The van der Waals surface area contributed by atoms with E-state index in [1.807, 2.05) is 13.8 Å². The van der Waals surface area contributed by atoms with E-state index in [2.05, 4.69) is 26.2 Å². The molecule has 1 atom stereocenters. The van der Waals surface area contributed by atoms with Crippen LogP contribution in [0.15, 0.2) is 33.8 Å². The molecule has 24 heavy (non-hydrogen) atoms. The summed E-state index contributed by atoms with van der Waals surface area (Å²) in [6, 6.07) is 4.14. The molecule has 2 rings (SSSR count). The van der Waals surface area contributed by atoms with Crippen molar-refractivity contribution >= 4 is 38.7 Å². The number of benzene rings is 1. The Balaban J connectivity index is 2.19. The second-order valence-electron chi connectivity index (χ2n) is 5.93. The van der Waals surface area contributed by atoms with Crippen LogP contribution < -0.4 is 10.9 Å². The van der Waals surface area contributed by atoms with Gasteiger partial charge in [-0.05, 0) is 30.5 Å². The maximum Gasteiger partial charge on any atom is 0.326 e. The van der Waals surface area contributed by atoms with Gasteiger partial charge in [-0.1, -0.05) is 29.8 Å². The van der Waals surface area contributed by atoms with Gasteiger partial charge >= 0.3 is 5.97 Å². The standard InChI is InChI=1S/C16H18BrN3O4/c1-9(2)5-13(16(23)24)19-14(21)7-20-8-18-12-4-3-10(17)6-11(12)15(20)22/h3-4,6,8-9,13H,5,7H2,1-2H3,(H,19,21)(H,23,24). The van der Waals surface area contributed by atoms with Crippen LogP contribution in [-0.2, 0) is 16.1 Å². The summed E-state index contributed by atoms with van der Waals surface area (Å²) >= 11 is 3.29. The summed E-state index contributed by atoms with van der Waals surface area (Å²) in [6.45, 7) is 3.46. The van der Waals surface area contributed by atoms with Crippen molar-refractivity contribution < 1.29 is 14.7 Å². The van der Waals surface area contributed by atoms with Crippen molar-refractivity contribution in [2.24, 2.45) is 5.92 Å². The number of fused-ring (bicyclic) bond motifs is 1. The first-order chi connectivity index (χ1) is 11.3. The highest BCUT2D eigenvalue weighted by Gasteiger charge is 2.21. The number of rotatable bonds is 6. The van der Waals surface area contributed by atoms with Crippen molar-refractivity contribution in [3.05, 3.63) is 39.4 Å². The maximum atomic E-state index is 12.4. The van der Waals surface area contributed by atoms with Gasteiger partial charge in [0.1, 0.15) is 12.6 Å². The summed E-state index contributed by atoms with van der Waals surface area (Å²) in [7, 11) is 0. The van der Waals surface area contributed by atoms with Crippen LogP contribution in [0.3, 0.4) is 0 Å². The molecule has 2 aromatic rings. The van der Waals surface area contributed by atoms with Gasteiger partial charge in [0.25, 0.3) is 5.56 Å². The molecule has 0 bridgehead atoms. The smallest absolute Gasteiger partial charge is 0.326 e. The summed E-state index contributed by atoms with van der Waals surface area (Å²) in [5.74, 6) is -1.51. The third kappa shape index (κ3) is 4.41. The maximum absolute atomic E-state index is 12.4. The van der Waals surface area contributed by atoms with Crippen LogP contribution in [0.25, 0.3) is 10.9 Å². The molecule has 1 unspecified atom stereocenters. The van der Waals surface area contributed by atoms with Crippen molar-refractivity contribution in [2.75, 3.05) is 0 Å². The monoisotopic (exact) mass is 395 g/mol. The lowest BCUT2D eigenvalue weighted by Gasteiger charge is -2.16. The zero-order valence-electron chi connectivity index (χ0n) is 13.3. The van der Waals surface area contributed by atoms with Gasteiger partial charge in [-0.2, -0.15) is 0 Å². The summed E-state index contributed by atoms with van der Waals surface area (Å²) in [5, 5.41) is 12.0.